The Kier molecular flexibility index (Phi) is 3.61. The molecule has 0 saturated heterocycles. The molecule has 0 atom stereocenters. The lowest BCUT2D eigenvalue weighted by Gasteiger charge is -2.21. The molecule has 0 aromatic heterocycles. The fourth-order valence-electron chi connectivity index (χ4n) is 2.77. The van der Waals surface area contributed by atoms with E-state index >= 15 is 0 Å². The number of hydrogen-bond acceptors (Lipinski definition) is 3. The zero-order valence-corrected chi connectivity index (χ0v) is 11.9. The normalized spacial score (nSPS) is 13.7. The molecule has 3 rings (SSSR count). The lowest BCUT2D eigenvalue weighted by molar-refractivity contribution is 0.394. The third-order valence-corrected chi connectivity index (χ3v) is 3.80. The van der Waals surface area contributed by atoms with Gasteiger partial charge in [-0.25, -0.2) is 0 Å². The van der Waals surface area contributed by atoms with Crippen molar-refractivity contribution in [1.82, 2.24) is 5.32 Å². The largest absolute Gasteiger partial charge is 0.497 e. The Bertz CT molecular complexity index is 600. The Morgan fingerprint density at radius 3 is 2.45 bits per heavy atom. The van der Waals surface area contributed by atoms with Gasteiger partial charge < -0.3 is 14.8 Å². The number of fused-ring (bicyclic) bond motifs is 1. The van der Waals surface area contributed by atoms with Gasteiger partial charge >= 0.3 is 0 Å². The molecule has 3 nitrogen and oxygen atoms in total. The van der Waals surface area contributed by atoms with Gasteiger partial charge in [0.1, 0.15) is 11.5 Å². The van der Waals surface area contributed by atoms with Gasteiger partial charge in [0.2, 0.25) is 0 Å². The van der Waals surface area contributed by atoms with Gasteiger partial charge in [0.05, 0.1) is 14.2 Å². The van der Waals surface area contributed by atoms with Crippen LogP contribution in [-0.2, 0) is 13.0 Å². The SMILES string of the molecule is COc1cc(OC)cc(-c2cccc3c2CCNC3)c1. The predicted molar refractivity (Wildman–Crippen MR) is 80.4 cm³/mol. The Hall–Kier alpha value is -2.00. The van der Waals surface area contributed by atoms with Gasteiger partial charge in [-0.3, -0.25) is 0 Å². The molecule has 1 N–H and O–H groups in total. The van der Waals surface area contributed by atoms with Crippen molar-refractivity contribution in [2.24, 2.45) is 0 Å². The molecular formula is C17H19NO2. The molecule has 2 aromatic rings. The number of ether oxygens (including phenoxy) is 2. The van der Waals surface area contributed by atoms with Crippen LogP contribution < -0.4 is 14.8 Å². The Morgan fingerprint density at radius 1 is 1.00 bits per heavy atom. The zero-order chi connectivity index (χ0) is 13.9. The third kappa shape index (κ3) is 2.37. The number of methoxy groups -OCH3 is 2. The molecule has 1 aliphatic heterocycles. The van der Waals surface area contributed by atoms with Crippen LogP contribution in [0, 0.1) is 0 Å². The summed E-state index contributed by atoms with van der Waals surface area (Å²) in [7, 11) is 3.37. The molecule has 2 aromatic carbocycles. The van der Waals surface area contributed by atoms with E-state index in [0.717, 1.165) is 36.6 Å². The minimum atomic E-state index is 0.825. The first-order chi connectivity index (χ1) is 9.81. The van der Waals surface area contributed by atoms with Crippen LogP contribution in [0.4, 0.5) is 0 Å². The van der Waals surface area contributed by atoms with Gasteiger partial charge in [0, 0.05) is 12.6 Å². The monoisotopic (exact) mass is 269 g/mol. The van der Waals surface area contributed by atoms with Crippen LogP contribution in [0.2, 0.25) is 0 Å². The smallest absolute Gasteiger partial charge is 0.123 e. The Morgan fingerprint density at radius 2 is 1.75 bits per heavy atom. The molecule has 1 aliphatic rings. The fourth-order valence-corrected chi connectivity index (χ4v) is 2.77. The van der Waals surface area contributed by atoms with E-state index < -0.39 is 0 Å². The van der Waals surface area contributed by atoms with Gasteiger partial charge in [-0.2, -0.15) is 0 Å². The van der Waals surface area contributed by atoms with Crippen LogP contribution in [0.1, 0.15) is 11.1 Å². The van der Waals surface area contributed by atoms with Crippen LogP contribution in [0.25, 0.3) is 11.1 Å². The highest BCUT2D eigenvalue weighted by Gasteiger charge is 2.14. The third-order valence-electron chi connectivity index (χ3n) is 3.80. The lowest BCUT2D eigenvalue weighted by Crippen LogP contribution is -2.24. The Balaban J connectivity index is 2.13. The number of benzene rings is 2. The Labute approximate surface area is 119 Å². The maximum Gasteiger partial charge on any atom is 0.123 e. The van der Waals surface area contributed by atoms with E-state index in [1.165, 1.54) is 16.7 Å². The van der Waals surface area contributed by atoms with Crippen molar-refractivity contribution in [3.05, 3.63) is 47.5 Å². The highest BCUT2D eigenvalue weighted by atomic mass is 16.5. The molecule has 0 aliphatic carbocycles. The minimum Gasteiger partial charge on any atom is -0.497 e. The number of nitrogens with one attached hydrogen (secondary N) is 1. The van der Waals surface area contributed by atoms with Crippen molar-refractivity contribution < 1.29 is 9.47 Å². The highest BCUT2D eigenvalue weighted by Crippen LogP contribution is 2.33. The van der Waals surface area contributed by atoms with Crippen molar-refractivity contribution in [3.8, 4) is 22.6 Å². The van der Waals surface area contributed by atoms with Crippen molar-refractivity contribution in [3.63, 3.8) is 0 Å². The topological polar surface area (TPSA) is 30.5 Å². The first kappa shape index (κ1) is 13.0. The van der Waals surface area contributed by atoms with Crippen LogP contribution in [-0.4, -0.2) is 20.8 Å². The lowest BCUT2D eigenvalue weighted by atomic mass is 9.91. The van der Waals surface area contributed by atoms with Crippen molar-refractivity contribution in [1.29, 1.82) is 0 Å². The van der Waals surface area contributed by atoms with Gasteiger partial charge in [-0.15, -0.1) is 0 Å². The van der Waals surface area contributed by atoms with E-state index in [1.54, 1.807) is 14.2 Å². The quantitative estimate of drug-likeness (QED) is 0.929. The van der Waals surface area contributed by atoms with Gasteiger partial charge in [0.15, 0.2) is 0 Å². The van der Waals surface area contributed by atoms with Gasteiger partial charge in [-0.1, -0.05) is 18.2 Å². The summed E-state index contributed by atoms with van der Waals surface area (Å²) in [6.45, 7) is 1.98. The molecule has 104 valence electrons. The molecule has 3 heteroatoms. The van der Waals surface area contributed by atoms with Gasteiger partial charge in [0.25, 0.3) is 0 Å². The summed E-state index contributed by atoms with van der Waals surface area (Å²) < 4.78 is 10.7. The molecule has 0 fully saturated rings. The van der Waals surface area contributed by atoms with E-state index in [-0.39, 0.29) is 0 Å². The number of rotatable bonds is 3. The average molecular weight is 269 g/mol. The molecule has 0 bridgehead atoms. The van der Waals surface area contributed by atoms with Crippen molar-refractivity contribution >= 4 is 0 Å². The standard InChI is InChI=1S/C17H19NO2/c1-19-14-8-13(9-15(10-14)20-2)16-5-3-4-12-11-18-7-6-17(12)16/h3-5,8-10,18H,6-7,11H2,1-2H3. The second kappa shape index (κ2) is 5.55. The summed E-state index contributed by atoms with van der Waals surface area (Å²) in [6, 6.07) is 12.5. The van der Waals surface area contributed by atoms with Gasteiger partial charge in [-0.05, 0) is 47.4 Å². The fraction of sp³-hybridized carbons (Fsp3) is 0.294. The molecule has 0 amide bonds. The van der Waals surface area contributed by atoms with Crippen molar-refractivity contribution in [2.45, 2.75) is 13.0 Å². The second-order valence-corrected chi connectivity index (χ2v) is 4.97. The summed E-state index contributed by atoms with van der Waals surface area (Å²) in [5.41, 5.74) is 5.25. The summed E-state index contributed by atoms with van der Waals surface area (Å²) in [6.07, 6.45) is 1.06. The van der Waals surface area contributed by atoms with Crippen LogP contribution in [0.5, 0.6) is 11.5 Å². The summed E-state index contributed by atoms with van der Waals surface area (Å²) in [5.74, 6) is 1.65. The molecule has 0 unspecified atom stereocenters. The van der Waals surface area contributed by atoms with E-state index in [9.17, 15) is 0 Å². The molecule has 0 radical (unpaired) electrons. The molecule has 0 spiro atoms. The van der Waals surface area contributed by atoms with Crippen LogP contribution >= 0.6 is 0 Å². The number of hydrogen-bond donors (Lipinski definition) is 1. The molecular weight excluding hydrogens is 250 g/mol. The zero-order valence-electron chi connectivity index (χ0n) is 11.9. The van der Waals surface area contributed by atoms with E-state index in [2.05, 4.69) is 35.6 Å². The maximum absolute atomic E-state index is 5.37. The highest BCUT2D eigenvalue weighted by molar-refractivity contribution is 5.72. The molecule has 0 saturated carbocycles. The molecule has 20 heavy (non-hydrogen) atoms. The summed E-state index contributed by atoms with van der Waals surface area (Å²) >= 11 is 0. The second-order valence-electron chi connectivity index (χ2n) is 4.97. The van der Waals surface area contributed by atoms with Crippen LogP contribution in [0.15, 0.2) is 36.4 Å². The first-order valence-electron chi connectivity index (χ1n) is 6.87. The first-order valence-corrected chi connectivity index (χ1v) is 6.87. The van der Waals surface area contributed by atoms with E-state index in [4.69, 9.17) is 9.47 Å². The van der Waals surface area contributed by atoms with E-state index in [1.807, 2.05) is 6.07 Å². The van der Waals surface area contributed by atoms with E-state index in [0.29, 0.717) is 0 Å². The summed E-state index contributed by atoms with van der Waals surface area (Å²) in [5, 5.41) is 3.42. The summed E-state index contributed by atoms with van der Waals surface area (Å²) in [4.78, 5) is 0. The average Bonchev–Trinajstić information content (AvgIpc) is 2.53. The van der Waals surface area contributed by atoms with Crippen LogP contribution in [0.3, 0.4) is 0 Å². The minimum absolute atomic E-state index is 0.825. The maximum atomic E-state index is 5.37. The van der Waals surface area contributed by atoms with Crippen molar-refractivity contribution in [2.75, 3.05) is 20.8 Å². The molecule has 1 heterocycles. The predicted octanol–water partition coefficient (Wildman–Crippen LogP) is 3.02.